The first-order chi connectivity index (χ1) is 15.5. The molecule has 9 heteroatoms. The van der Waals surface area contributed by atoms with Crippen molar-refractivity contribution in [3.63, 3.8) is 0 Å². The third kappa shape index (κ3) is 3.56. The third-order valence-electron chi connectivity index (χ3n) is 5.16. The summed E-state index contributed by atoms with van der Waals surface area (Å²) in [5, 5.41) is 8.17. The molecule has 6 nitrogen and oxygen atoms in total. The molecule has 0 saturated carbocycles. The van der Waals surface area contributed by atoms with Crippen LogP contribution in [-0.2, 0) is 6.42 Å². The number of nitrogens with zero attached hydrogens (tertiary/aromatic N) is 5. The largest absolute Gasteiger partial charge is 0.379 e. The molecule has 0 spiro atoms. The van der Waals surface area contributed by atoms with E-state index in [4.69, 9.17) is 12.2 Å². The fraction of sp³-hybridized carbons (Fsp3) is 0.0870. The van der Waals surface area contributed by atoms with Gasteiger partial charge < -0.3 is 5.32 Å². The van der Waals surface area contributed by atoms with Crippen LogP contribution in [0.2, 0.25) is 0 Å². The second-order valence-electron chi connectivity index (χ2n) is 7.20. The second-order valence-corrected chi connectivity index (χ2v) is 7.61. The highest BCUT2D eigenvalue weighted by molar-refractivity contribution is 7.80. The lowest BCUT2D eigenvalue weighted by molar-refractivity contribution is 0.599. The second kappa shape index (κ2) is 8.01. The van der Waals surface area contributed by atoms with Crippen molar-refractivity contribution in [3.8, 4) is 11.3 Å². The number of imidazole rings is 1. The number of hydrogen-bond donors (Lipinski definition) is 1. The van der Waals surface area contributed by atoms with Gasteiger partial charge in [-0.15, -0.1) is 0 Å². The van der Waals surface area contributed by atoms with Crippen molar-refractivity contribution < 1.29 is 8.78 Å². The van der Waals surface area contributed by atoms with E-state index in [9.17, 15) is 8.78 Å². The summed E-state index contributed by atoms with van der Waals surface area (Å²) in [6, 6.07) is 12.0. The molecule has 0 atom stereocenters. The van der Waals surface area contributed by atoms with Crippen LogP contribution in [-0.4, -0.2) is 36.6 Å². The summed E-state index contributed by atoms with van der Waals surface area (Å²) in [4.78, 5) is 13.0. The van der Waals surface area contributed by atoms with E-state index < -0.39 is 11.6 Å². The third-order valence-corrected chi connectivity index (χ3v) is 5.58. The SMILES string of the molecule is CNC(=S)c1cc(F)c(-c2cnc3ncc(Cc4ccc5ncccc5c4)n3n2)cc1F. The molecule has 0 amide bonds. The number of aromatic nitrogens is 5. The molecule has 2 aromatic carbocycles. The van der Waals surface area contributed by atoms with Crippen molar-refractivity contribution in [2.75, 3.05) is 7.05 Å². The molecule has 158 valence electrons. The summed E-state index contributed by atoms with van der Waals surface area (Å²) in [5.41, 5.74) is 2.91. The molecule has 5 aromatic rings. The van der Waals surface area contributed by atoms with Crippen LogP contribution in [0.25, 0.3) is 27.9 Å². The molecule has 0 aliphatic rings. The van der Waals surface area contributed by atoms with Gasteiger partial charge in [0.15, 0.2) is 0 Å². The van der Waals surface area contributed by atoms with Crippen molar-refractivity contribution in [1.82, 2.24) is 29.9 Å². The van der Waals surface area contributed by atoms with Crippen LogP contribution >= 0.6 is 12.2 Å². The molecule has 0 aliphatic carbocycles. The summed E-state index contributed by atoms with van der Waals surface area (Å²) >= 11 is 5.03. The standard InChI is InChI=1S/C23H16F2N6S/c1-26-22(32)17-10-18(24)16(9-19(17)25)21-12-29-23-28-11-15(31(23)30-21)8-13-4-5-20-14(7-13)3-2-6-27-20/h2-7,9-12H,8H2,1H3,(H,26,32). The van der Waals surface area contributed by atoms with Gasteiger partial charge in [0.2, 0.25) is 0 Å². The summed E-state index contributed by atoms with van der Waals surface area (Å²) in [6.45, 7) is 0. The van der Waals surface area contributed by atoms with E-state index >= 15 is 0 Å². The topological polar surface area (TPSA) is 68.0 Å². The zero-order chi connectivity index (χ0) is 22.2. The van der Waals surface area contributed by atoms with Gasteiger partial charge in [-0.2, -0.15) is 5.10 Å². The van der Waals surface area contributed by atoms with Gasteiger partial charge in [0.25, 0.3) is 5.78 Å². The Morgan fingerprint density at radius 1 is 1.03 bits per heavy atom. The van der Waals surface area contributed by atoms with Crippen molar-refractivity contribution in [2.24, 2.45) is 0 Å². The number of pyridine rings is 1. The Kier molecular flexibility index (Phi) is 5.02. The number of halogens is 2. The quantitative estimate of drug-likeness (QED) is 0.419. The van der Waals surface area contributed by atoms with Crippen LogP contribution in [0.1, 0.15) is 16.8 Å². The fourth-order valence-corrected chi connectivity index (χ4v) is 3.72. The maximum atomic E-state index is 14.8. The van der Waals surface area contributed by atoms with Crippen molar-refractivity contribution >= 4 is 33.9 Å². The normalized spacial score (nSPS) is 11.2. The van der Waals surface area contributed by atoms with Crippen LogP contribution in [0.3, 0.4) is 0 Å². The van der Waals surface area contributed by atoms with Gasteiger partial charge in [-0.25, -0.2) is 23.3 Å². The number of thiocarbonyl (C=S) groups is 1. The predicted octanol–water partition coefficient (Wildman–Crippen LogP) is 4.10. The lowest BCUT2D eigenvalue weighted by Crippen LogP contribution is -2.18. The Hall–Kier alpha value is -3.85. The molecule has 5 rings (SSSR count). The van der Waals surface area contributed by atoms with Gasteiger partial charge in [0.05, 0.1) is 23.6 Å². The van der Waals surface area contributed by atoms with Crippen LogP contribution in [0, 0.1) is 11.6 Å². The minimum absolute atomic E-state index is 0.00372. The number of nitrogens with one attached hydrogen (secondary N) is 1. The molecule has 1 N–H and O–H groups in total. The van der Waals surface area contributed by atoms with E-state index in [0.717, 1.165) is 34.3 Å². The molecule has 32 heavy (non-hydrogen) atoms. The molecular formula is C23H16F2N6S. The molecule has 0 unspecified atom stereocenters. The smallest absolute Gasteiger partial charge is 0.250 e. The van der Waals surface area contributed by atoms with Gasteiger partial charge in [0, 0.05) is 36.2 Å². The molecular weight excluding hydrogens is 430 g/mol. The molecule has 0 fully saturated rings. The summed E-state index contributed by atoms with van der Waals surface area (Å²) < 4.78 is 30.9. The molecule has 3 aromatic heterocycles. The highest BCUT2D eigenvalue weighted by Crippen LogP contribution is 2.25. The van der Waals surface area contributed by atoms with Crippen molar-refractivity contribution in [1.29, 1.82) is 0 Å². The Balaban J connectivity index is 1.54. The Morgan fingerprint density at radius 3 is 2.72 bits per heavy atom. The van der Waals surface area contributed by atoms with Gasteiger partial charge in [-0.3, -0.25) is 4.98 Å². The number of hydrogen-bond acceptors (Lipinski definition) is 5. The molecule has 0 aliphatic heterocycles. The number of rotatable bonds is 4. The Bertz CT molecular complexity index is 1500. The Morgan fingerprint density at radius 2 is 1.88 bits per heavy atom. The van der Waals surface area contributed by atoms with Crippen LogP contribution in [0.5, 0.6) is 0 Å². The van der Waals surface area contributed by atoms with Crippen LogP contribution in [0.4, 0.5) is 8.78 Å². The van der Waals surface area contributed by atoms with Gasteiger partial charge in [-0.05, 0) is 35.9 Å². The Labute approximate surface area is 187 Å². The number of fused-ring (bicyclic) bond motifs is 2. The highest BCUT2D eigenvalue weighted by Gasteiger charge is 2.17. The fourth-order valence-electron chi connectivity index (χ4n) is 3.56. The van der Waals surface area contributed by atoms with E-state index in [0.29, 0.717) is 12.2 Å². The average Bonchev–Trinajstić information content (AvgIpc) is 3.21. The molecule has 0 radical (unpaired) electrons. The van der Waals surface area contributed by atoms with Crippen molar-refractivity contribution in [3.05, 3.63) is 89.5 Å². The van der Waals surface area contributed by atoms with E-state index in [1.165, 1.54) is 6.20 Å². The highest BCUT2D eigenvalue weighted by atomic mass is 32.1. The molecule has 3 heterocycles. The van der Waals surface area contributed by atoms with E-state index in [1.807, 2.05) is 24.3 Å². The zero-order valence-corrected chi connectivity index (χ0v) is 17.7. The lowest BCUT2D eigenvalue weighted by atomic mass is 10.1. The van der Waals surface area contributed by atoms with Gasteiger partial charge >= 0.3 is 0 Å². The van der Waals surface area contributed by atoms with E-state index in [2.05, 4.69) is 31.4 Å². The summed E-state index contributed by atoms with van der Waals surface area (Å²) in [5.74, 6) is -0.908. The van der Waals surface area contributed by atoms with Crippen LogP contribution < -0.4 is 5.32 Å². The van der Waals surface area contributed by atoms with Crippen LogP contribution in [0.15, 0.2) is 61.1 Å². The van der Waals surface area contributed by atoms with Gasteiger partial charge in [0.1, 0.15) is 22.3 Å². The zero-order valence-electron chi connectivity index (χ0n) is 16.9. The number of benzene rings is 2. The lowest BCUT2D eigenvalue weighted by Gasteiger charge is -2.09. The summed E-state index contributed by atoms with van der Waals surface area (Å²) in [6.07, 6.45) is 5.35. The van der Waals surface area contributed by atoms with E-state index in [-0.39, 0.29) is 21.8 Å². The maximum absolute atomic E-state index is 14.8. The first kappa shape index (κ1) is 20.1. The monoisotopic (exact) mass is 446 g/mol. The maximum Gasteiger partial charge on any atom is 0.250 e. The first-order valence-corrected chi connectivity index (χ1v) is 10.2. The van der Waals surface area contributed by atoms with E-state index in [1.54, 1.807) is 24.0 Å². The molecule has 0 saturated heterocycles. The summed E-state index contributed by atoms with van der Waals surface area (Å²) in [7, 11) is 1.56. The minimum Gasteiger partial charge on any atom is -0.379 e. The first-order valence-electron chi connectivity index (χ1n) is 9.78. The predicted molar refractivity (Wildman–Crippen MR) is 121 cm³/mol. The van der Waals surface area contributed by atoms with Crippen molar-refractivity contribution in [2.45, 2.75) is 6.42 Å². The minimum atomic E-state index is -0.642. The van der Waals surface area contributed by atoms with Gasteiger partial charge in [-0.1, -0.05) is 24.4 Å². The average molecular weight is 446 g/mol. The molecule has 0 bridgehead atoms.